The average Bonchev–Trinajstić information content (AvgIpc) is 3.13. The van der Waals surface area contributed by atoms with Crippen molar-refractivity contribution in [2.45, 2.75) is 0 Å². The minimum atomic E-state index is -0.588. The largest absolute Gasteiger partial charge is 0.320 e. The Balaban J connectivity index is 1.76. The number of para-hydroxylation sites is 1. The van der Waals surface area contributed by atoms with Crippen molar-refractivity contribution in [1.29, 1.82) is 0 Å². The molecule has 0 fully saturated rings. The maximum absolute atomic E-state index is 12.8. The van der Waals surface area contributed by atoms with E-state index in [1.165, 1.54) is 29.5 Å². The molecule has 1 amide bonds. The van der Waals surface area contributed by atoms with Crippen LogP contribution in [0.3, 0.4) is 0 Å². The molecule has 0 saturated heterocycles. The van der Waals surface area contributed by atoms with Gasteiger partial charge < -0.3 is 5.32 Å². The summed E-state index contributed by atoms with van der Waals surface area (Å²) in [5.41, 5.74) is 1.55. The third-order valence-corrected chi connectivity index (χ3v) is 6.12. The molecule has 0 unspecified atom stereocenters. The van der Waals surface area contributed by atoms with Crippen LogP contribution in [0.15, 0.2) is 54.6 Å². The third kappa shape index (κ3) is 3.97. The van der Waals surface area contributed by atoms with E-state index in [0.29, 0.717) is 21.3 Å². The Morgan fingerprint density at radius 1 is 1.03 bits per heavy atom. The first-order valence-corrected chi connectivity index (χ1v) is 10.4. The van der Waals surface area contributed by atoms with E-state index in [2.05, 4.69) is 10.3 Å². The fourth-order valence-corrected chi connectivity index (χ4v) is 4.63. The summed E-state index contributed by atoms with van der Waals surface area (Å²) in [5, 5.41) is 14.8. The van der Waals surface area contributed by atoms with Gasteiger partial charge in [0.1, 0.15) is 5.01 Å². The smallest absolute Gasteiger partial charge is 0.270 e. The lowest BCUT2D eigenvalue weighted by Gasteiger charge is -2.13. The van der Waals surface area contributed by atoms with Crippen molar-refractivity contribution in [2.75, 3.05) is 5.32 Å². The van der Waals surface area contributed by atoms with Crippen molar-refractivity contribution in [3.63, 3.8) is 0 Å². The molecule has 3 aromatic carbocycles. The molecule has 1 aromatic heterocycles. The van der Waals surface area contributed by atoms with Gasteiger partial charge in [0.25, 0.3) is 11.6 Å². The minimum Gasteiger partial charge on any atom is -0.320 e. The quantitative estimate of drug-likeness (QED) is 0.251. The fraction of sp³-hybridized carbons (Fsp3) is 0. The van der Waals surface area contributed by atoms with Gasteiger partial charge in [0.15, 0.2) is 0 Å². The molecule has 0 aliphatic heterocycles. The number of nitro groups is 1. The van der Waals surface area contributed by atoms with E-state index in [-0.39, 0.29) is 21.3 Å². The highest BCUT2D eigenvalue weighted by molar-refractivity contribution is 7.21. The predicted molar refractivity (Wildman–Crippen MR) is 121 cm³/mol. The van der Waals surface area contributed by atoms with Crippen molar-refractivity contribution < 1.29 is 9.72 Å². The Kier molecular flexibility index (Phi) is 5.62. The van der Waals surface area contributed by atoms with Crippen molar-refractivity contribution >= 4 is 73.6 Å². The molecule has 10 heteroatoms. The number of carbonyl (C=O) groups is 1. The molecule has 1 N–H and O–H groups in total. The first-order valence-electron chi connectivity index (χ1n) is 8.44. The molecule has 0 aliphatic rings. The van der Waals surface area contributed by atoms with Crippen molar-refractivity contribution in [2.24, 2.45) is 0 Å². The molecule has 4 aromatic rings. The van der Waals surface area contributed by atoms with Crippen LogP contribution in [0.1, 0.15) is 10.4 Å². The zero-order chi connectivity index (χ0) is 21.4. The summed E-state index contributed by atoms with van der Waals surface area (Å²) >= 11 is 20.1. The van der Waals surface area contributed by atoms with Gasteiger partial charge in [0.2, 0.25) is 0 Å². The summed E-state index contributed by atoms with van der Waals surface area (Å²) in [4.78, 5) is 27.7. The van der Waals surface area contributed by atoms with Crippen LogP contribution in [0.5, 0.6) is 0 Å². The van der Waals surface area contributed by atoms with E-state index in [4.69, 9.17) is 34.8 Å². The summed E-state index contributed by atoms with van der Waals surface area (Å²) in [5.74, 6) is -0.568. The lowest BCUT2D eigenvalue weighted by Crippen LogP contribution is -2.14. The topological polar surface area (TPSA) is 85.1 Å². The maximum atomic E-state index is 12.8. The average molecular weight is 479 g/mol. The van der Waals surface area contributed by atoms with Crippen LogP contribution in [-0.2, 0) is 0 Å². The number of rotatable bonds is 4. The molecule has 4 rings (SSSR count). The summed E-state index contributed by atoms with van der Waals surface area (Å²) in [6, 6.07) is 14.4. The lowest BCUT2D eigenvalue weighted by molar-refractivity contribution is -0.384. The highest BCUT2D eigenvalue weighted by atomic mass is 35.5. The van der Waals surface area contributed by atoms with Crippen LogP contribution in [0.4, 0.5) is 11.4 Å². The second-order valence-corrected chi connectivity index (χ2v) is 8.45. The molecule has 150 valence electrons. The van der Waals surface area contributed by atoms with Gasteiger partial charge in [0, 0.05) is 22.7 Å². The maximum Gasteiger partial charge on any atom is 0.270 e. The van der Waals surface area contributed by atoms with Crippen molar-refractivity contribution in [3.8, 4) is 10.6 Å². The van der Waals surface area contributed by atoms with E-state index in [1.807, 2.05) is 24.3 Å². The molecular weight excluding hydrogens is 469 g/mol. The number of nitrogens with zero attached hydrogens (tertiary/aromatic N) is 2. The Bertz CT molecular complexity index is 1290. The number of aromatic nitrogens is 1. The number of carbonyl (C=O) groups excluding carboxylic acids is 1. The molecule has 0 atom stereocenters. The Morgan fingerprint density at radius 2 is 1.80 bits per heavy atom. The number of non-ortho nitro benzene ring substituents is 1. The van der Waals surface area contributed by atoms with Crippen LogP contribution in [0, 0.1) is 10.1 Å². The zero-order valence-corrected chi connectivity index (χ0v) is 17.9. The van der Waals surface area contributed by atoms with Gasteiger partial charge >= 0.3 is 0 Å². The van der Waals surface area contributed by atoms with Gasteiger partial charge in [-0.1, -0.05) is 46.9 Å². The highest BCUT2D eigenvalue weighted by Crippen LogP contribution is 2.40. The summed E-state index contributed by atoms with van der Waals surface area (Å²) in [7, 11) is 0. The summed E-state index contributed by atoms with van der Waals surface area (Å²) in [6.07, 6.45) is 0. The summed E-state index contributed by atoms with van der Waals surface area (Å²) in [6.45, 7) is 0. The Morgan fingerprint density at radius 3 is 2.50 bits per heavy atom. The molecule has 1 heterocycles. The van der Waals surface area contributed by atoms with Crippen LogP contribution < -0.4 is 5.32 Å². The van der Waals surface area contributed by atoms with Gasteiger partial charge in [-0.2, -0.15) is 0 Å². The minimum absolute atomic E-state index is 0.0478. The number of hydrogen-bond acceptors (Lipinski definition) is 5. The number of hydrogen-bond donors (Lipinski definition) is 1. The van der Waals surface area contributed by atoms with Gasteiger partial charge in [-0.25, -0.2) is 4.98 Å². The normalized spacial score (nSPS) is 10.9. The number of halogens is 3. The van der Waals surface area contributed by atoms with E-state index in [0.717, 1.165) is 16.3 Å². The van der Waals surface area contributed by atoms with E-state index in [9.17, 15) is 14.9 Å². The van der Waals surface area contributed by atoms with Crippen LogP contribution in [-0.4, -0.2) is 15.8 Å². The van der Waals surface area contributed by atoms with Crippen molar-refractivity contribution in [1.82, 2.24) is 4.98 Å². The van der Waals surface area contributed by atoms with E-state index in [1.54, 1.807) is 6.07 Å². The zero-order valence-electron chi connectivity index (χ0n) is 14.9. The monoisotopic (exact) mass is 477 g/mol. The molecule has 30 heavy (non-hydrogen) atoms. The SMILES string of the molecule is O=C(Nc1c(Cl)cc(Cl)cc1-c1nc2ccccc2s1)c1ccc([N+](=O)[O-])cc1Cl. The predicted octanol–water partition coefficient (Wildman–Crippen LogP) is 7.08. The van der Waals surface area contributed by atoms with Gasteiger partial charge in [-0.3, -0.25) is 14.9 Å². The summed E-state index contributed by atoms with van der Waals surface area (Å²) < 4.78 is 0.972. The molecule has 6 nitrogen and oxygen atoms in total. The number of nitrogens with one attached hydrogen (secondary N) is 1. The first-order chi connectivity index (χ1) is 14.3. The fourth-order valence-electron chi connectivity index (χ4n) is 2.84. The number of benzene rings is 3. The lowest BCUT2D eigenvalue weighted by atomic mass is 10.1. The third-order valence-electron chi connectivity index (χ3n) is 4.23. The number of amides is 1. The molecule has 0 spiro atoms. The second kappa shape index (κ2) is 8.20. The van der Waals surface area contributed by atoms with E-state index >= 15 is 0 Å². The van der Waals surface area contributed by atoms with Crippen LogP contribution in [0.2, 0.25) is 15.1 Å². The van der Waals surface area contributed by atoms with Crippen molar-refractivity contribution in [3.05, 3.63) is 85.3 Å². The van der Waals surface area contributed by atoms with Gasteiger partial charge in [0.05, 0.1) is 36.4 Å². The molecular formula is C20H10Cl3N3O3S. The standard InChI is InChI=1S/C20H10Cl3N3O3S/c21-10-7-13(20-24-16-3-1-2-4-17(16)30-20)18(15(23)8-10)25-19(27)12-6-5-11(26(28)29)9-14(12)22/h1-9H,(H,25,27). The molecule has 0 bridgehead atoms. The Labute approximate surface area is 189 Å². The first kappa shape index (κ1) is 20.6. The number of thiazole rings is 1. The van der Waals surface area contributed by atoms with Crippen LogP contribution >= 0.6 is 46.1 Å². The number of fused-ring (bicyclic) bond motifs is 1. The highest BCUT2D eigenvalue weighted by Gasteiger charge is 2.20. The molecule has 0 aliphatic carbocycles. The Hall–Kier alpha value is -2.71. The van der Waals surface area contributed by atoms with E-state index < -0.39 is 10.8 Å². The van der Waals surface area contributed by atoms with Gasteiger partial charge in [-0.15, -0.1) is 11.3 Å². The molecule has 0 radical (unpaired) electrons. The van der Waals surface area contributed by atoms with Crippen LogP contribution in [0.25, 0.3) is 20.8 Å². The number of nitro benzene ring substituents is 1. The van der Waals surface area contributed by atoms with Gasteiger partial charge in [-0.05, 0) is 30.3 Å². The molecule has 0 saturated carbocycles. The number of anilines is 1. The second-order valence-electron chi connectivity index (χ2n) is 6.17.